The first-order valence-corrected chi connectivity index (χ1v) is 5.86. The van der Waals surface area contributed by atoms with Crippen LogP contribution in [0.5, 0.6) is 5.75 Å². The SMILES string of the molecule is OB(O)c1cc(Cl)cc(OCc2ccccc2)c1. The van der Waals surface area contributed by atoms with E-state index in [0.717, 1.165) is 5.56 Å². The molecule has 0 unspecified atom stereocenters. The summed E-state index contributed by atoms with van der Waals surface area (Å²) in [5, 5.41) is 18.6. The summed E-state index contributed by atoms with van der Waals surface area (Å²) in [5.41, 5.74) is 1.34. The molecule has 0 saturated carbocycles. The van der Waals surface area contributed by atoms with Crippen LogP contribution in [0.3, 0.4) is 0 Å². The van der Waals surface area contributed by atoms with Gasteiger partial charge in [-0.2, -0.15) is 0 Å². The Morgan fingerprint density at radius 3 is 2.44 bits per heavy atom. The molecule has 92 valence electrons. The van der Waals surface area contributed by atoms with Crippen molar-refractivity contribution < 1.29 is 14.8 Å². The van der Waals surface area contributed by atoms with Gasteiger partial charge in [0.15, 0.2) is 0 Å². The van der Waals surface area contributed by atoms with Crippen LogP contribution in [-0.2, 0) is 6.61 Å². The van der Waals surface area contributed by atoms with E-state index in [-0.39, 0.29) is 0 Å². The summed E-state index contributed by atoms with van der Waals surface area (Å²) < 4.78 is 5.56. The first-order valence-electron chi connectivity index (χ1n) is 5.48. The van der Waals surface area contributed by atoms with Crippen molar-refractivity contribution in [3.63, 3.8) is 0 Å². The monoisotopic (exact) mass is 262 g/mol. The molecule has 18 heavy (non-hydrogen) atoms. The van der Waals surface area contributed by atoms with Gasteiger partial charge in [-0.15, -0.1) is 0 Å². The van der Waals surface area contributed by atoms with Crippen molar-refractivity contribution in [1.82, 2.24) is 0 Å². The molecular weight excluding hydrogens is 250 g/mol. The molecule has 0 atom stereocenters. The summed E-state index contributed by atoms with van der Waals surface area (Å²) in [5.74, 6) is 0.509. The van der Waals surface area contributed by atoms with Crippen LogP contribution < -0.4 is 10.2 Å². The highest BCUT2D eigenvalue weighted by Gasteiger charge is 2.13. The van der Waals surface area contributed by atoms with E-state index in [1.165, 1.54) is 6.07 Å². The lowest BCUT2D eigenvalue weighted by molar-refractivity contribution is 0.306. The molecule has 2 aromatic carbocycles. The number of benzene rings is 2. The van der Waals surface area contributed by atoms with E-state index in [4.69, 9.17) is 26.4 Å². The van der Waals surface area contributed by atoms with Gasteiger partial charge in [0.25, 0.3) is 0 Å². The van der Waals surface area contributed by atoms with Crippen LogP contribution in [0.1, 0.15) is 5.56 Å². The zero-order valence-corrected chi connectivity index (χ0v) is 10.3. The van der Waals surface area contributed by atoms with E-state index in [2.05, 4.69) is 0 Å². The van der Waals surface area contributed by atoms with Crippen LogP contribution in [-0.4, -0.2) is 17.2 Å². The van der Waals surface area contributed by atoms with E-state index in [9.17, 15) is 0 Å². The van der Waals surface area contributed by atoms with Gasteiger partial charge in [-0.05, 0) is 29.2 Å². The van der Waals surface area contributed by atoms with Gasteiger partial charge >= 0.3 is 7.12 Å². The van der Waals surface area contributed by atoms with Gasteiger partial charge in [0.05, 0.1) is 0 Å². The lowest BCUT2D eigenvalue weighted by Crippen LogP contribution is -2.29. The van der Waals surface area contributed by atoms with Crippen LogP contribution >= 0.6 is 11.6 Å². The molecule has 5 heteroatoms. The molecule has 0 amide bonds. The van der Waals surface area contributed by atoms with Crippen molar-refractivity contribution in [2.75, 3.05) is 0 Å². The number of rotatable bonds is 4. The van der Waals surface area contributed by atoms with Crippen molar-refractivity contribution in [2.24, 2.45) is 0 Å². The van der Waals surface area contributed by atoms with Gasteiger partial charge in [-0.3, -0.25) is 0 Å². The molecule has 0 radical (unpaired) electrons. The average Bonchev–Trinajstić information content (AvgIpc) is 2.37. The summed E-state index contributed by atoms with van der Waals surface area (Å²) in [6.45, 7) is 0.405. The Bertz CT molecular complexity index is 517. The minimum atomic E-state index is -1.55. The minimum absolute atomic E-state index is 0.311. The van der Waals surface area contributed by atoms with Gasteiger partial charge in [-0.25, -0.2) is 0 Å². The second-order valence-corrected chi connectivity index (χ2v) is 4.30. The topological polar surface area (TPSA) is 49.7 Å². The largest absolute Gasteiger partial charge is 0.489 e. The van der Waals surface area contributed by atoms with E-state index in [1.807, 2.05) is 30.3 Å². The Labute approximate surface area is 111 Å². The van der Waals surface area contributed by atoms with Crippen molar-refractivity contribution in [3.8, 4) is 5.75 Å². The Morgan fingerprint density at radius 2 is 1.78 bits per heavy atom. The Balaban J connectivity index is 2.10. The second kappa shape index (κ2) is 5.91. The lowest BCUT2D eigenvalue weighted by atomic mass is 9.80. The van der Waals surface area contributed by atoms with Crippen LogP contribution in [0.15, 0.2) is 48.5 Å². The number of halogens is 1. The Kier molecular flexibility index (Phi) is 4.26. The van der Waals surface area contributed by atoms with E-state index < -0.39 is 7.12 Å². The highest BCUT2D eigenvalue weighted by molar-refractivity contribution is 6.59. The first-order chi connectivity index (χ1) is 8.65. The molecule has 3 nitrogen and oxygen atoms in total. The number of ether oxygens (including phenoxy) is 1. The molecule has 0 bridgehead atoms. The van der Waals surface area contributed by atoms with Crippen LogP contribution in [0, 0.1) is 0 Å². The summed E-state index contributed by atoms with van der Waals surface area (Å²) in [6.07, 6.45) is 0. The lowest BCUT2D eigenvalue weighted by Gasteiger charge is -2.09. The predicted molar refractivity (Wildman–Crippen MR) is 72.1 cm³/mol. The third-order valence-electron chi connectivity index (χ3n) is 2.44. The molecule has 0 aliphatic heterocycles. The summed E-state index contributed by atoms with van der Waals surface area (Å²) >= 11 is 5.87. The van der Waals surface area contributed by atoms with E-state index in [0.29, 0.717) is 22.8 Å². The van der Waals surface area contributed by atoms with Crippen LogP contribution in [0.2, 0.25) is 5.02 Å². The molecule has 0 saturated heterocycles. The number of hydrogen-bond donors (Lipinski definition) is 2. The average molecular weight is 263 g/mol. The fourth-order valence-corrected chi connectivity index (χ4v) is 1.79. The fraction of sp³-hybridized carbons (Fsp3) is 0.0769. The van der Waals surface area contributed by atoms with Crippen LogP contribution in [0.25, 0.3) is 0 Å². The molecule has 0 spiro atoms. The Hall–Kier alpha value is -1.49. The van der Waals surface area contributed by atoms with Crippen molar-refractivity contribution in [2.45, 2.75) is 6.61 Å². The summed E-state index contributed by atoms with van der Waals surface area (Å²) in [7, 11) is -1.55. The molecule has 0 aliphatic rings. The summed E-state index contributed by atoms with van der Waals surface area (Å²) in [6, 6.07) is 14.4. The summed E-state index contributed by atoms with van der Waals surface area (Å²) in [4.78, 5) is 0. The van der Waals surface area contributed by atoms with Gasteiger partial charge < -0.3 is 14.8 Å². The van der Waals surface area contributed by atoms with Gasteiger partial charge in [0.2, 0.25) is 0 Å². The Morgan fingerprint density at radius 1 is 1.06 bits per heavy atom. The van der Waals surface area contributed by atoms with Crippen LogP contribution in [0.4, 0.5) is 0 Å². The van der Waals surface area contributed by atoms with Gasteiger partial charge in [0, 0.05) is 5.02 Å². The molecular formula is C13H12BClO3. The van der Waals surface area contributed by atoms with E-state index in [1.54, 1.807) is 12.1 Å². The van der Waals surface area contributed by atoms with E-state index >= 15 is 0 Å². The van der Waals surface area contributed by atoms with Gasteiger partial charge in [-0.1, -0.05) is 41.9 Å². The molecule has 0 heterocycles. The third-order valence-corrected chi connectivity index (χ3v) is 2.66. The zero-order valence-electron chi connectivity index (χ0n) is 9.58. The maximum atomic E-state index is 9.10. The first kappa shape index (κ1) is 13.0. The second-order valence-electron chi connectivity index (χ2n) is 3.87. The zero-order chi connectivity index (χ0) is 13.0. The molecule has 2 aromatic rings. The maximum absolute atomic E-state index is 9.10. The molecule has 2 N–H and O–H groups in total. The minimum Gasteiger partial charge on any atom is -0.489 e. The quantitative estimate of drug-likeness (QED) is 0.823. The normalized spacial score (nSPS) is 10.2. The third kappa shape index (κ3) is 3.50. The van der Waals surface area contributed by atoms with Crippen molar-refractivity contribution in [1.29, 1.82) is 0 Å². The smallest absolute Gasteiger partial charge is 0.488 e. The standard InChI is InChI=1S/C13H12BClO3/c15-12-6-11(14(16)17)7-13(8-12)18-9-10-4-2-1-3-5-10/h1-8,16-17H,9H2. The highest BCUT2D eigenvalue weighted by Crippen LogP contribution is 2.17. The predicted octanol–water partition coefficient (Wildman–Crippen LogP) is 1.60. The molecule has 2 rings (SSSR count). The molecule has 0 fully saturated rings. The highest BCUT2D eigenvalue weighted by atomic mass is 35.5. The van der Waals surface area contributed by atoms with Crippen molar-refractivity contribution >= 4 is 24.2 Å². The van der Waals surface area contributed by atoms with Crippen molar-refractivity contribution in [3.05, 3.63) is 59.1 Å². The number of hydrogen-bond acceptors (Lipinski definition) is 3. The fourth-order valence-electron chi connectivity index (χ4n) is 1.56. The molecule has 0 aliphatic carbocycles. The maximum Gasteiger partial charge on any atom is 0.488 e. The van der Waals surface area contributed by atoms with Gasteiger partial charge in [0.1, 0.15) is 12.4 Å². The molecule has 0 aromatic heterocycles.